The van der Waals surface area contributed by atoms with E-state index in [1.165, 1.54) is 5.56 Å². The summed E-state index contributed by atoms with van der Waals surface area (Å²) in [5, 5.41) is 2.79. The van der Waals surface area contributed by atoms with Gasteiger partial charge in [0.2, 0.25) is 5.91 Å². The van der Waals surface area contributed by atoms with Gasteiger partial charge in [-0.05, 0) is 19.0 Å². The second-order valence-corrected chi connectivity index (χ2v) is 5.61. The minimum absolute atomic E-state index is 0.0725. The van der Waals surface area contributed by atoms with Gasteiger partial charge in [-0.15, -0.1) is 0 Å². The molecule has 0 radical (unpaired) electrons. The van der Waals surface area contributed by atoms with Crippen LogP contribution in [0.2, 0.25) is 0 Å². The van der Waals surface area contributed by atoms with Crippen LogP contribution in [0.5, 0.6) is 0 Å². The second kappa shape index (κ2) is 7.41. The SMILES string of the molecule is CNC(=O)[C@H]1CN(C)CCN(CCc2ccccc2)C1. The van der Waals surface area contributed by atoms with Crippen LogP contribution in [0, 0.1) is 5.92 Å². The number of hydrogen-bond acceptors (Lipinski definition) is 3. The molecule has 1 fully saturated rings. The molecule has 110 valence electrons. The van der Waals surface area contributed by atoms with E-state index < -0.39 is 0 Å². The van der Waals surface area contributed by atoms with Gasteiger partial charge in [0.25, 0.3) is 0 Å². The summed E-state index contributed by atoms with van der Waals surface area (Å²) >= 11 is 0. The first kappa shape index (κ1) is 15.0. The minimum Gasteiger partial charge on any atom is -0.359 e. The lowest BCUT2D eigenvalue weighted by Gasteiger charge is -2.22. The molecule has 0 saturated carbocycles. The van der Waals surface area contributed by atoms with Gasteiger partial charge in [-0.3, -0.25) is 4.79 Å². The summed E-state index contributed by atoms with van der Waals surface area (Å²) in [5.41, 5.74) is 1.36. The van der Waals surface area contributed by atoms with E-state index >= 15 is 0 Å². The van der Waals surface area contributed by atoms with Crippen molar-refractivity contribution in [2.45, 2.75) is 6.42 Å². The predicted molar refractivity (Wildman–Crippen MR) is 81.6 cm³/mol. The number of likely N-dealkylation sites (N-methyl/N-ethyl adjacent to an activating group) is 1. The van der Waals surface area contributed by atoms with Crippen molar-refractivity contribution in [3.05, 3.63) is 35.9 Å². The minimum atomic E-state index is 0.0725. The largest absolute Gasteiger partial charge is 0.359 e. The van der Waals surface area contributed by atoms with Crippen LogP contribution in [0.4, 0.5) is 0 Å². The van der Waals surface area contributed by atoms with Crippen LogP contribution >= 0.6 is 0 Å². The van der Waals surface area contributed by atoms with E-state index in [0.717, 1.165) is 39.1 Å². The molecule has 1 aromatic carbocycles. The zero-order chi connectivity index (χ0) is 14.4. The third kappa shape index (κ3) is 4.32. The van der Waals surface area contributed by atoms with Gasteiger partial charge in [0.05, 0.1) is 5.92 Å². The lowest BCUT2D eigenvalue weighted by Crippen LogP contribution is -2.39. The van der Waals surface area contributed by atoms with Crippen LogP contribution < -0.4 is 5.32 Å². The molecule has 1 aliphatic rings. The third-order valence-corrected chi connectivity index (χ3v) is 3.99. The molecule has 1 amide bonds. The fourth-order valence-electron chi connectivity index (χ4n) is 2.75. The summed E-state index contributed by atoms with van der Waals surface area (Å²) in [6, 6.07) is 10.5. The molecule has 1 aromatic rings. The highest BCUT2D eigenvalue weighted by atomic mass is 16.1. The van der Waals surface area contributed by atoms with Crippen LogP contribution in [0.3, 0.4) is 0 Å². The molecule has 0 spiro atoms. The van der Waals surface area contributed by atoms with Crippen LogP contribution in [0.25, 0.3) is 0 Å². The van der Waals surface area contributed by atoms with E-state index in [-0.39, 0.29) is 11.8 Å². The summed E-state index contributed by atoms with van der Waals surface area (Å²) in [7, 11) is 3.82. The van der Waals surface area contributed by atoms with E-state index in [1.54, 1.807) is 7.05 Å². The van der Waals surface area contributed by atoms with Crippen molar-refractivity contribution >= 4 is 5.91 Å². The standard InChI is InChI=1S/C16H25N3O/c1-17-16(20)15-12-18(2)10-11-19(13-15)9-8-14-6-4-3-5-7-14/h3-7,15H,8-13H2,1-2H3,(H,17,20)/t15-/m0/s1. The highest BCUT2D eigenvalue weighted by molar-refractivity contribution is 5.78. The van der Waals surface area contributed by atoms with E-state index in [0.29, 0.717) is 0 Å². The first-order valence-electron chi connectivity index (χ1n) is 7.35. The van der Waals surface area contributed by atoms with Gasteiger partial charge in [0, 0.05) is 39.8 Å². The number of carbonyl (C=O) groups excluding carboxylic acids is 1. The zero-order valence-corrected chi connectivity index (χ0v) is 12.5. The highest BCUT2D eigenvalue weighted by Crippen LogP contribution is 2.10. The maximum Gasteiger partial charge on any atom is 0.225 e. The lowest BCUT2D eigenvalue weighted by molar-refractivity contribution is -0.125. The van der Waals surface area contributed by atoms with Crippen LogP contribution in [-0.4, -0.2) is 62.5 Å². The average Bonchev–Trinajstić information content (AvgIpc) is 2.67. The highest BCUT2D eigenvalue weighted by Gasteiger charge is 2.25. The van der Waals surface area contributed by atoms with Crippen LogP contribution in [0.15, 0.2) is 30.3 Å². The van der Waals surface area contributed by atoms with Gasteiger partial charge < -0.3 is 15.1 Å². The van der Waals surface area contributed by atoms with Gasteiger partial charge in [0.1, 0.15) is 0 Å². The Hall–Kier alpha value is -1.39. The predicted octanol–water partition coefficient (Wildman–Crippen LogP) is 0.839. The zero-order valence-electron chi connectivity index (χ0n) is 12.5. The van der Waals surface area contributed by atoms with Crippen molar-refractivity contribution in [1.29, 1.82) is 0 Å². The quantitative estimate of drug-likeness (QED) is 0.884. The van der Waals surface area contributed by atoms with E-state index in [1.807, 2.05) is 6.07 Å². The molecular weight excluding hydrogens is 250 g/mol. The fraction of sp³-hybridized carbons (Fsp3) is 0.562. The van der Waals surface area contributed by atoms with Crippen molar-refractivity contribution < 1.29 is 4.79 Å². The number of hydrogen-bond donors (Lipinski definition) is 1. The maximum absolute atomic E-state index is 11.9. The van der Waals surface area contributed by atoms with Crippen molar-refractivity contribution in [2.24, 2.45) is 5.92 Å². The second-order valence-electron chi connectivity index (χ2n) is 5.61. The summed E-state index contributed by atoms with van der Waals surface area (Å²) < 4.78 is 0. The molecule has 1 aliphatic heterocycles. The maximum atomic E-state index is 11.9. The van der Waals surface area contributed by atoms with E-state index in [9.17, 15) is 4.79 Å². The third-order valence-electron chi connectivity index (χ3n) is 3.99. The molecule has 0 bridgehead atoms. The van der Waals surface area contributed by atoms with Gasteiger partial charge in [-0.1, -0.05) is 30.3 Å². The van der Waals surface area contributed by atoms with Gasteiger partial charge in [0.15, 0.2) is 0 Å². The number of benzene rings is 1. The first-order chi connectivity index (χ1) is 9.69. The van der Waals surface area contributed by atoms with E-state index in [2.05, 4.69) is 46.4 Å². The molecule has 0 aromatic heterocycles. The topological polar surface area (TPSA) is 35.6 Å². The molecule has 1 saturated heterocycles. The lowest BCUT2D eigenvalue weighted by atomic mass is 10.1. The Morgan fingerprint density at radius 1 is 1.25 bits per heavy atom. The number of amides is 1. The molecule has 4 nitrogen and oxygen atoms in total. The summed E-state index contributed by atoms with van der Waals surface area (Å²) in [6.45, 7) is 4.79. The Morgan fingerprint density at radius 2 is 2.00 bits per heavy atom. The van der Waals surface area contributed by atoms with Crippen LogP contribution in [-0.2, 0) is 11.2 Å². The molecule has 1 N–H and O–H groups in total. The normalized spacial score (nSPS) is 21.4. The molecule has 0 unspecified atom stereocenters. The molecule has 1 atom stereocenters. The van der Waals surface area contributed by atoms with Gasteiger partial charge in [-0.25, -0.2) is 0 Å². The summed E-state index contributed by atoms with van der Waals surface area (Å²) in [6.07, 6.45) is 1.05. The molecular formula is C16H25N3O. The number of carbonyl (C=O) groups is 1. The Morgan fingerprint density at radius 3 is 2.70 bits per heavy atom. The number of nitrogens with one attached hydrogen (secondary N) is 1. The molecule has 1 heterocycles. The first-order valence-corrected chi connectivity index (χ1v) is 7.35. The van der Waals surface area contributed by atoms with Gasteiger partial charge >= 0.3 is 0 Å². The molecule has 4 heteroatoms. The molecule has 2 rings (SSSR count). The Kier molecular flexibility index (Phi) is 5.56. The molecule has 20 heavy (non-hydrogen) atoms. The summed E-state index contributed by atoms with van der Waals surface area (Å²) in [4.78, 5) is 16.6. The van der Waals surface area contributed by atoms with Gasteiger partial charge in [-0.2, -0.15) is 0 Å². The molecule has 0 aliphatic carbocycles. The summed E-state index contributed by atoms with van der Waals surface area (Å²) in [5.74, 6) is 0.228. The fourth-order valence-corrected chi connectivity index (χ4v) is 2.75. The Balaban J connectivity index is 1.91. The van der Waals surface area contributed by atoms with Crippen molar-refractivity contribution in [3.63, 3.8) is 0 Å². The average molecular weight is 275 g/mol. The van der Waals surface area contributed by atoms with Crippen molar-refractivity contribution in [2.75, 3.05) is 46.8 Å². The van der Waals surface area contributed by atoms with Crippen molar-refractivity contribution in [1.82, 2.24) is 15.1 Å². The van der Waals surface area contributed by atoms with E-state index in [4.69, 9.17) is 0 Å². The smallest absolute Gasteiger partial charge is 0.225 e. The number of rotatable bonds is 4. The van der Waals surface area contributed by atoms with Crippen molar-refractivity contribution in [3.8, 4) is 0 Å². The Labute approximate surface area is 121 Å². The monoisotopic (exact) mass is 275 g/mol. The van der Waals surface area contributed by atoms with Crippen LogP contribution in [0.1, 0.15) is 5.56 Å². The Bertz CT molecular complexity index is 421. The number of nitrogens with zero attached hydrogens (tertiary/aromatic N) is 2.